The molecule has 0 unspecified atom stereocenters. The van der Waals surface area contributed by atoms with Gasteiger partial charge in [-0.2, -0.15) is 9.97 Å². The zero-order valence-corrected chi connectivity index (χ0v) is 10.7. The molecule has 0 atom stereocenters. The predicted molar refractivity (Wildman–Crippen MR) is 72.4 cm³/mol. The summed E-state index contributed by atoms with van der Waals surface area (Å²) in [5, 5.41) is 11.1. The summed E-state index contributed by atoms with van der Waals surface area (Å²) in [4.78, 5) is 17.9. The van der Waals surface area contributed by atoms with Crippen LogP contribution in [0.2, 0.25) is 5.02 Å². The van der Waals surface area contributed by atoms with Crippen LogP contribution < -0.4 is 21.7 Å². The lowest BCUT2D eigenvalue weighted by Gasteiger charge is -2.07. The largest absolute Gasteiger partial charge is 0.432 e. The molecule has 0 aliphatic heterocycles. The highest BCUT2D eigenvalue weighted by Crippen LogP contribution is 2.33. The first-order chi connectivity index (χ1) is 9.49. The molecule has 0 amide bonds. The molecular weight excluding hydrogens is 288 g/mol. The van der Waals surface area contributed by atoms with Crippen molar-refractivity contribution >= 4 is 29.1 Å². The maximum atomic E-state index is 10.9. The normalized spacial score (nSPS) is 10.1. The number of nitro groups is 1. The van der Waals surface area contributed by atoms with Crippen molar-refractivity contribution in [3.8, 4) is 11.6 Å². The lowest BCUT2D eigenvalue weighted by atomic mass is 10.3. The van der Waals surface area contributed by atoms with E-state index in [1.807, 2.05) is 0 Å². The second kappa shape index (κ2) is 5.55. The summed E-state index contributed by atoms with van der Waals surface area (Å²) in [5.41, 5.74) is 7.44. The molecule has 104 valence electrons. The lowest BCUT2D eigenvalue weighted by molar-refractivity contribution is -0.385. The average Bonchev–Trinajstić information content (AvgIpc) is 2.40. The number of hydrazine groups is 1. The zero-order chi connectivity index (χ0) is 14.7. The molecule has 1 aromatic carbocycles. The van der Waals surface area contributed by atoms with Crippen molar-refractivity contribution in [1.29, 1.82) is 0 Å². The van der Waals surface area contributed by atoms with Gasteiger partial charge in [-0.15, -0.1) is 0 Å². The minimum absolute atomic E-state index is 0.0101. The number of benzene rings is 1. The Morgan fingerprint density at radius 1 is 1.35 bits per heavy atom. The van der Waals surface area contributed by atoms with Gasteiger partial charge in [0.2, 0.25) is 17.6 Å². The van der Waals surface area contributed by atoms with Crippen molar-refractivity contribution in [3.63, 3.8) is 0 Å². The summed E-state index contributed by atoms with van der Waals surface area (Å²) in [6.45, 7) is 0. The smallest absolute Gasteiger partial charge is 0.313 e. The molecule has 0 aliphatic carbocycles. The van der Waals surface area contributed by atoms with Crippen molar-refractivity contribution in [2.75, 3.05) is 11.2 Å². The topological polar surface area (TPSA) is 142 Å². The third-order valence-corrected chi connectivity index (χ3v) is 2.44. The Morgan fingerprint density at radius 2 is 2.10 bits per heavy atom. The first-order valence-electron chi connectivity index (χ1n) is 5.22. The number of nitrogens with one attached hydrogen (secondary N) is 1. The second-order valence-electron chi connectivity index (χ2n) is 3.57. The summed E-state index contributed by atoms with van der Waals surface area (Å²) in [6.07, 6.45) is 0. The van der Waals surface area contributed by atoms with Gasteiger partial charge >= 0.3 is 5.69 Å². The number of aromatic nitrogens is 2. The number of nitrogens with zero attached hydrogens (tertiary/aromatic N) is 3. The minimum atomic E-state index is -0.617. The van der Waals surface area contributed by atoms with E-state index in [-0.39, 0.29) is 34.1 Å². The molecule has 0 saturated heterocycles. The summed E-state index contributed by atoms with van der Waals surface area (Å²) in [7, 11) is 0. The molecule has 0 bridgehead atoms. The van der Waals surface area contributed by atoms with E-state index >= 15 is 0 Å². The fourth-order valence-electron chi connectivity index (χ4n) is 1.40. The number of rotatable bonds is 4. The molecule has 9 nitrogen and oxygen atoms in total. The lowest BCUT2D eigenvalue weighted by Crippen LogP contribution is -2.10. The van der Waals surface area contributed by atoms with E-state index in [9.17, 15) is 10.1 Å². The predicted octanol–water partition coefficient (Wildman–Crippen LogP) is 1.70. The number of ether oxygens (including phenoxy) is 1. The van der Waals surface area contributed by atoms with Crippen molar-refractivity contribution < 1.29 is 9.66 Å². The van der Waals surface area contributed by atoms with Crippen molar-refractivity contribution in [2.24, 2.45) is 5.84 Å². The molecule has 1 aromatic heterocycles. The fraction of sp³-hybridized carbons (Fsp3) is 0. The van der Waals surface area contributed by atoms with Crippen LogP contribution in [0.1, 0.15) is 0 Å². The van der Waals surface area contributed by atoms with Gasteiger partial charge in [0, 0.05) is 17.2 Å². The van der Waals surface area contributed by atoms with Crippen molar-refractivity contribution in [3.05, 3.63) is 39.4 Å². The van der Waals surface area contributed by atoms with Crippen LogP contribution >= 0.6 is 11.6 Å². The van der Waals surface area contributed by atoms with E-state index in [2.05, 4.69) is 15.4 Å². The molecule has 2 aromatic rings. The number of halogens is 1. The quantitative estimate of drug-likeness (QED) is 0.439. The van der Waals surface area contributed by atoms with Crippen LogP contribution in [0.3, 0.4) is 0 Å². The van der Waals surface area contributed by atoms with Crippen LogP contribution in [0.4, 0.5) is 17.5 Å². The van der Waals surface area contributed by atoms with Gasteiger partial charge in [-0.05, 0) is 12.1 Å². The van der Waals surface area contributed by atoms with E-state index in [0.29, 0.717) is 0 Å². The van der Waals surface area contributed by atoms with Gasteiger partial charge in [-0.3, -0.25) is 10.1 Å². The fourth-order valence-corrected chi connectivity index (χ4v) is 1.57. The molecule has 5 N–H and O–H groups in total. The van der Waals surface area contributed by atoms with E-state index in [1.165, 1.54) is 24.3 Å². The maximum Gasteiger partial charge on any atom is 0.313 e. The summed E-state index contributed by atoms with van der Waals surface area (Å²) >= 11 is 5.70. The number of nitrogens with two attached hydrogens (primary N) is 2. The number of hydrogen-bond donors (Lipinski definition) is 3. The number of anilines is 2. The molecular formula is C10H9ClN6O3. The molecule has 0 aliphatic rings. The number of hydrogen-bond acceptors (Lipinski definition) is 8. The first-order valence-corrected chi connectivity index (χ1v) is 5.60. The SMILES string of the molecule is NNc1cc(Oc2ccc(Cl)cc2[N+](=O)[O-])nc(N)n1. The minimum Gasteiger partial charge on any atom is -0.432 e. The summed E-state index contributed by atoms with van der Waals surface area (Å²) in [5.74, 6) is 5.31. The van der Waals surface area contributed by atoms with Crippen LogP contribution in [-0.4, -0.2) is 14.9 Å². The zero-order valence-electron chi connectivity index (χ0n) is 9.91. The molecule has 2 rings (SSSR count). The van der Waals surface area contributed by atoms with Crippen molar-refractivity contribution in [2.45, 2.75) is 0 Å². The Hall–Kier alpha value is -2.65. The first kappa shape index (κ1) is 13.8. The molecule has 10 heteroatoms. The molecule has 1 heterocycles. The van der Waals surface area contributed by atoms with Gasteiger partial charge < -0.3 is 15.9 Å². The maximum absolute atomic E-state index is 10.9. The van der Waals surface area contributed by atoms with E-state index in [1.54, 1.807) is 0 Å². The van der Waals surface area contributed by atoms with Gasteiger partial charge in [0.15, 0.2) is 0 Å². The Bertz CT molecular complexity index is 665. The molecule has 0 fully saturated rings. The van der Waals surface area contributed by atoms with Gasteiger partial charge in [0.1, 0.15) is 5.82 Å². The van der Waals surface area contributed by atoms with E-state index in [4.69, 9.17) is 27.9 Å². The van der Waals surface area contributed by atoms with E-state index < -0.39 is 4.92 Å². The highest BCUT2D eigenvalue weighted by molar-refractivity contribution is 6.30. The number of nitro benzene ring substituents is 1. The van der Waals surface area contributed by atoms with Gasteiger partial charge in [-0.25, -0.2) is 5.84 Å². The van der Waals surface area contributed by atoms with Crippen molar-refractivity contribution in [1.82, 2.24) is 9.97 Å². The molecule has 0 spiro atoms. The van der Waals surface area contributed by atoms with Crippen LogP contribution in [-0.2, 0) is 0 Å². The summed E-state index contributed by atoms with van der Waals surface area (Å²) < 4.78 is 5.32. The highest BCUT2D eigenvalue weighted by atomic mass is 35.5. The standard InChI is InChI=1S/C10H9ClN6O3/c11-5-1-2-7(6(3-5)17(18)19)20-9-4-8(16-13)14-10(12)15-9/h1-4H,13H2,(H3,12,14,15,16). The van der Waals surface area contributed by atoms with Crippen LogP contribution in [0.15, 0.2) is 24.3 Å². The third kappa shape index (κ3) is 3.02. The van der Waals surface area contributed by atoms with Crippen LogP contribution in [0.25, 0.3) is 0 Å². The van der Waals surface area contributed by atoms with Gasteiger partial charge in [-0.1, -0.05) is 11.6 Å². The van der Waals surface area contributed by atoms with Gasteiger partial charge in [0.05, 0.1) is 4.92 Å². The third-order valence-electron chi connectivity index (χ3n) is 2.20. The molecule has 0 radical (unpaired) electrons. The second-order valence-corrected chi connectivity index (χ2v) is 4.00. The Kier molecular flexibility index (Phi) is 3.82. The Balaban J connectivity index is 2.39. The van der Waals surface area contributed by atoms with Crippen LogP contribution in [0.5, 0.6) is 11.6 Å². The van der Waals surface area contributed by atoms with Crippen LogP contribution in [0, 0.1) is 10.1 Å². The Labute approximate surface area is 117 Å². The van der Waals surface area contributed by atoms with E-state index in [0.717, 1.165) is 0 Å². The summed E-state index contributed by atoms with van der Waals surface area (Å²) in [6, 6.07) is 5.32. The monoisotopic (exact) mass is 296 g/mol. The van der Waals surface area contributed by atoms with Gasteiger partial charge in [0.25, 0.3) is 0 Å². The highest BCUT2D eigenvalue weighted by Gasteiger charge is 2.17. The Morgan fingerprint density at radius 3 is 2.75 bits per heavy atom. The molecule has 0 saturated carbocycles. The number of nitrogen functional groups attached to an aromatic ring is 2. The molecule has 20 heavy (non-hydrogen) atoms. The average molecular weight is 297 g/mol.